The van der Waals surface area contributed by atoms with Crippen molar-refractivity contribution >= 4 is 29.7 Å². The second-order valence-electron chi connectivity index (χ2n) is 5.63. The van der Waals surface area contributed by atoms with Crippen molar-refractivity contribution in [3.05, 3.63) is 0 Å². The molecule has 3 unspecified atom stereocenters. The van der Waals surface area contributed by atoms with Gasteiger partial charge in [0.2, 0.25) is 11.8 Å². The molecule has 0 saturated carbocycles. The van der Waals surface area contributed by atoms with E-state index in [1.807, 2.05) is 0 Å². The molecule has 0 aliphatic heterocycles. The third-order valence-corrected chi connectivity index (χ3v) is 3.38. The smallest absolute Gasteiger partial charge is 0.328 e. The van der Waals surface area contributed by atoms with Gasteiger partial charge in [-0.25, -0.2) is 4.79 Å². The predicted octanol–water partition coefficient (Wildman–Crippen LogP) is -3.72. The van der Waals surface area contributed by atoms with Crippen molar-refractivity contribution < 1.29 is 34.5 Å². The van der Waals surface area contributed by atoms with Crippen LogP contribution in [0.1, 0.15) is 25.7 Å². The van der Waals surface area contributed by atoms with Gasteiger partial charge in [0.25, 0.3) is 0 Å². The van der Waals surface area contributed by atoms with Gasteiger partial charge in [-0.1, -0.05) is 0 Å². The molecule has 0 bridgehead atoms. The number of aliphatic imine (C=N–C) groups is 1. The topological polar surface area (TPSA) is 243 Å². The van der Waals surface area contributed by atoms with Gasteiger partial charge < -0.3 is 43.2 Å². The molecule has 0 spiro atoms. The number of carbonyl (C=O) groups is 4. The molecule has 0 heterocycles. The summed E-state index contributed by atoms with van der Waals surface area (Å²) < 4.78 is 0. The molecule has 154 valence electrons. The standard InChI is InChI=1S/C14H26N6O7/c15-7(3-4-10(22)23)11(24)19-8(2-1-5-18-14(16)17)12(25)20-9(6-21)13(26)27/h7-9,21H,1-6,15H2,(H,19,24)(H,20,25)(H,22,23)(H,26,27)(H4,16,17,18). The Morgan fingerprint density at radius 2 is 1.56 bits per heavy atom. The van der Waals surface area contributed by atoms with Crippen LogP contribution in [-0.2, 0) is 19.2 Å². The summed E-state index contributed by atoms with van der Waals surface area (Å²) in [5.74, 6) is -4.34. The van der Waals surface area contributed by atoms with Crippen LogP contribution < -0.4 is 27.8 Å². The Bertz CT molecular complexity index is 564. The molecule has 13 nitrogen and oxygen atoms in total. The van der Waals surface area contributed by atoms with E-state index in [0.29, 0.717) is 0 Å². The number of carbonyl (C=O) groups excluding carboxylic acids is 2. The van der Waals surface area contributed by atoms with E-state index in [-0.39, 0.29) is 38.2 Å². The van der Waals surface area contributed by atoms with Gasteiger partial charge in [0.15, 0.2) is 5.96 Å². The highest BCUT2D eigenvalue weighted by Gasteiger charge is 2.27. The number of guanidine groups is 1. The molecular formula is C14H26N6O7. The lowest BCUT2D eigenvalue weighted by molar-refractivity contribution is -0.143. The summed E-state index contributed by atoms with van der Waals surface area (Å²) in [6.07, 6.45) is -0.144. The molecule has 0 radical (unpaired) electrons. The second-order valence-corrected chi connectivity index (χ2v) is 5.63. The molecule has 13 heteroatoms. The molecule has 3 atom stereocenters. The van der Waals surface area contributed by atoms with Gasteiger partial charge in [-0.3, -0.25) is 19.4 Å². The molecule has 11 N–H and O–H groups in total. The van der Waals surface area contributed by atoms with Gasteiger partial charge in [-0.15, -0.1) is 0 Å². The molecule has 0 rings (SSSR count). The Morgan fingerprint density at radius 1 is 0.963 bits per heavy atom. The number of aliphatic hydroxyl groups excluding tert-OH is 1. The van der Waals surface area contributed by atoms with Gasteiger partial charge in [-0.05, 0) is 19.3 Å². The number of hydrogen-bond acceptors (Lipinski definition) is 7. The Labute approximate surface area is 155 Å². The fraction of sp³-hybridized carbons (Fsp3) is 0.643. The van der Waals surface area contributed by atoms with Crippen LogP contribution in [0.2, 0.25) is 0 Å². The van der Waals surface area contributed by atoms with Crippen LogP contribution >= 0.6 is 0 Å². The number of amides is 2. The number of carboxylic acid groups (broad SMARTS) is 2. The SMILES string of the molecule is NC(N)=NCCCC(NC(=O)C(N)CCC(=O)O)C(=O)NC(CO)C(=O)O. The molecule has 0 aromatic rings. The van der Waals surface area contributed by atoms with Crippen molar-refractivity contribution in [3.8, 4) is 0 Å². The van der Waals surface area contributed by atoms with E-state index < -0.39 is 48.5 Å². The van der Waals surface area contributed by atoms with Gasteiger partial charge in [0, 0.05) is 13.0 Å². The second kappa shape index (κ2) is 12.4. The molecule has 27 heavy (non-hydrogen) atoms. The number of hydrogen-bond donors (Lipinski definition) is 8. The number of nitrogens with one attached hydrogen (secondary N) is 2. The monoisotopic (exact) mass is 390 g/mol. The van der Waals surface area contributed by atoms with Crippen molar-refractivity contribution in [2.75, 3.05) is 13.2 Å². The van der Waals surface area contributed by atoms with Gasteiger partial charge in [-0.2, -0.15) is 0 Å². The zero-order valence-electron chi connectivity index (χ0n) is 14.6. The van der Waals surface area contributed by atoms with E-state index in [1.165, 1.54) is 0 Å². The average Bonchev–Trinajstić information content (AvgIpc) is 2.58. The van der Waals surface area contributed by atoms with Crippen LogP contribution in [0.15, 0.2) is 4.99 Å². The zero-order chi connectivity index (χ0) is 21.0. The van der Waals surface area contributed by atoms with Gasteiger partial charge in [0.05, 0.1) is 12.6 Å². The first-order valence-electron chi connectivity index (χ1n) is 8.05. The highest BCUT2D eigenvalue weighted by atomic mass is 16.4. The number of rotatable bonds is 13. The van der Waals surface area contributed by atoms with Crippen LogP contribution in [0.4, 0.5) is 0 Å². The van der Waals surface area contributed by atoms with Crippen molar-refractivity contribution in [1.29, 1.82) is 0 Å². The van der Waals surface area contributed by atoms with E-state index in [4.69, 9.17) is 32.5 Å². The molecule has 0 aromatic heterocycles. The minimum absolute atomic E-state index is 0.0533. The third kappa shape index (κ3) is 10.6. The number of aliphatic hydroxyl groups is 1. The van der Waals surface area contributed by atoms with E-state index in [1.54, 1.807) is 0 Å². The Hall–Kier alpha value is -2.93. The largest absolute Gasteiger partial charge is 0.481 e. The normalized spacial score (nSPS) is 13.7. The maximum absolute atomic E-state index is 12.2. The fourth-order valence-corrected chi connectivity index (χ4v) is 1.92. The molecule has 2 amide bonds. The van der Waals surface area contributed by atoms with Crippen LogP contribution in [0.5, 0.6) is 0 Å². The highest BCUT2D eigenvalue weighted by molar-refractivity contribution is 5.91. The maximum atomic E-state index is 12.2. The summed E-state index contributed by atoms with van der Waals surface area (Å²) >= 11 is 0. The number of nitrogens with two attached hydrogens (primary N) is 3. The molecular weight excluding hydrogens is 364 g/mol. The Balaban J connectivity index is 4.97. The summed E-state index contributed by atoms with van der Waals surface area (Å²) in [7, 11) is 0. The third-order valence-electron chi connectivity index (χ3n) is 3.38. The van der Waals surface area contributed by atoms with Crippen molar-refractivity contribution in [3.63, 3.8) is 0 Å². The molecule has 0 aliphatic rings. The number of aliphatic carboxylic acids is 2. The van der Waals surface area contributed by atoms with E-state index >= 15 is 0 Å². The van der Waals surface area contributed by atoms with E-state index in [9.17, 15) is 19.2 Å². The lowest BCUT2D eigenvalue weighted by Crippen LogP contribution is -2.55. The summed E-state index contributed by atoms with van der Waals surface area (Å²) in [6, 6.07) is -3.88. The predicted molar refractivity (Wildman–Crippen MR) is 93.3 cm³/mol. The number of nitrogens with zero attached hydrogens (tertiary/aromatic N) is 1. The van der Waals surface area contributed by atoms with Crippen molar-refractivity contribution in [2.24, 2.45) is 22.2 Å². The van der Waals surface area contributed by atoms with Crippen LogP contribution in [0.3, 0.4) is 0 Å². The summed E-state index contributed by atoms with van der Waals surface area (Å²) in [6.45, 7) is -0.677. The lowest BCUT2D eigenvalue weighted by Gasteiger charge is -2.22. The van der Waals surface area contributed by atoms with E-state index in [0.717, 1.165) is 0 Å². The highest BCUT2D eigenvalue weighted by Crippen LogP contribution is 2.02. The van der Waals surface area contributed by atoms with Crippen LogP contribution in [0.25, 0.3) is 0 Å². The van der Waals surface area contributed by atoms with E-state index in [2.05, 4.69) is 15.6 Å². The Kier molecular flexibility index (Phi) is 11.1. The average molecular weight is 390 g/mol. The lowest BCUT2D eigenvalue weighted by atomic mass is 10.1. The zero-order valence-corrected chi connectivity index (χ0v) is 14.6. The first kappa shape index (κ1) is 24.1. The fourth-order valence-electron chi connectivity index (χ4n) is 1.92. The number of carboxylic acids is 2. The van der Waals surface area contributed by atoms with Crippen molar-refractivity contribution in [2.45, 2.75) is 43.8 Å². The van der Waals surface area contributed by atoms with Gasteiger partial charge >= 0.3 is 11.9 Å². The molecule has 0 fully saturated rings. The summed E-state index contributed by atoms with van der Waals surface area (Å²) in [5.41, 5.74) is 16.0. The van der Waals surface area contributed by atoms with Crippen molar-refractivity contribution in [1.82, 2.24) is 10.6 Å². The van der Waals surface area contributed by atoms with Crippen LogP contribution in [-0.4, -0.2) is 76.3 Å². The van der Waals surface area contributed by atoms with Gasteiger partial charge in [0.1, 0.15) is 12.1 Å². The maximum Gasteiger partial charge on any atom is 0.328 e. The summed E-state index contributed by atoms with van der Waals surface area (Å²) in [5, 5.41) is 30.9. The minimum atomic E-state index is -1.55. The summed E-state index contributed by atoms with van der Waals surface area (Å²) in [4.78, 5) is 49.5. The first-order chi connectivity index (χ1) is 12.6. The quantitative estimate of drug-likeness (QED) is 0.0867. The Morgan fingerprint density at radius 3 is 2.04 bits per heavy atom. The molecule has 0 saturated heterocycles. The molecule has 0 aromatic carbocycles. The first-order valence-corrected chi connectivity index (χ1v) is 8.05. The van der Waals surface area contributed by atoms with Crippen LogP contribution in [0, 0.1) is 0 Å². The molecule has 0 aliphatic carbocycles. The minimum Gasteiger partial charge on any atom is -0.481 e.